The Kier molecular flexibility index (Phi) is 4.15. The summed E-state index contributed by atoms with van der Waals surface area (Å²) in [6, 6.07) is 5.82. The Bertz CT molecular complexity index is 678. The van der Waals surface area contributed by atoms with Gasteiger partial charge in [0.15, 0.2) is 11.5 Å². The van der Waals surface area contributed by atoms with Crippen LogP contribution >= 0.6 is 0 Å². The molecule has 7 nitrogen and oxygen atoms in total. The second kappa shape index (κ2) is 6.59. The van der Waals surface area contributed by atoms with Crippen LogP contribution in [0.2, 0.25) is 0 Å². The first kappa shape index (κ1) is 15.1. The lowest BCUT2D eigenvalue weighted by Crippen LogP contribution is -2.38. The van der Waals surface area contributed by atoms with E-state index in [1.165, 1.54) is 12.8 Å². The molecule has 0 saturated carbocycles. The van der Waals surface area contributed by atoms with Crippen molar-refractivity contribution >= 4 is 11.7 Å². The molecular weight excluding hydrogens is 304 g/mol. The van der Waals surface area contributed by atoms with Gasteiger partial charge in [-0.05, 0) is 43.9 Å². The van der Waals surface area contributed by atoms with E-state index in [0.29, 0.717) is 5.69 Å². The molecule has 0 bridgehead atoms. The van der Waals surface area contributed by atoms with Gasteiger partial charge >= 0.3 is 0 Å². The highest BCUT2D eigenvalue weighted by molar-refractivity contribution is 5.92. The molecule has 126 valence electrons. The molecular formula is C17H22N6O. The minimum Gasteiger partial charge on any atom is -0.355 e. The number of carbonyl (C=O) groups is 1. The van der Waals surface area contributed by atoms with Crippen LogP contribution < -0.4 is 4.90 Å². The molecule has 4 heterocycles. The van der Waals surface area contributed by atoms with E-state index >= 15 is 0 Å². The maximum atomic E-state index is 12.8. The topological polar surface area (TPSA) is 67.2 Å². The Morgan fingerprint density at radius 3 is 2.71 bits per heavy atom. The number of aromatic nitrogens is 4. The van der Waals surface area contributed by atoms with E-state index in [4.69, 9.17) is 0 Å². The second-order valence-electron chi connectivity index (χ2n) is 6.49. The first-order chi connectivity index (χ1) is 11.8. The fourth-order valence-corrected chi connectivity index (χ4v) is 3.62. The van der Waals surface area contributed by atoms with Crippen LogP contribution in [0.25, 0.3) is 0 Å². The summed E-state index contributed by atoms with van der Waals surface area (Å²) in [6.45, 7) is 3.57. The SMILES string of the molecule is O=C(c1ccc(N2CCCC2)nn1)N1CCCC1Cn1cccn1. The van der Waals surface area contributed by atoms with Gasteiger partial charge in [-0.25, -0.2) is 0 Å². The largest absolute Gasteiger partial charge is 0.355 e. The van der Waals surface area contributed by atoms with Crippen molar-refractivity contribution < 1.29 is 4.79 Å². The van der Waals surface area contributed by atoms with Gasteiger partial charge < -0.3 is 9.80 Å². The lowest BCUT2D eigenvalue weighted by molar-refractivity contribution is 0.0714. The normalized spacial score (nSPS) is 20.8. The monoisotopic (exact) mass is 326 g/mol. The van der Waals surface area contributed by atoms with E-state index in [9.17, 15) is 4.79 Å². The number of anilines is 1. The molecule has 2 saturated heterocycles. The molecule has 1 amide bonds. The predicted octanol–water partition coefficient (Wildman–Crippen LogP) is 1.58. The molecule has 7 heteroatoms. The first-order valence-corrected chi connectivity index (χ1v) is 8.68. The van der Waals surface area contributed by atoms with Gasteiger partial charge in [0.05, 0.1) is 12.6 Å². The molecule has 0 spiro atoms. The molecule has 0 N–H and O–H groups in total. The quantitative estimate of drug-likeness (QED) is 0.853. The molecule has 0 aliphatic carbocycles. The third kappa shape index (κ3) is 2.98. The third-order valence-corrected chi connectivity index (χ3v) is 4.89. The minimum absolute atomic E-state index is 0.0230. The molecule has 0 aromatic carbocycles. The average molecular weight is 326 g/mol. The lowest BCUT2D eigenvalue weighted by Gasteiger charge is -2.24. The minimum atomic E-state index is -0.0230. The van der Waals surface area contributed by atoms with Crippen LogP contribution in [0.1, 0.15) is 36.2 Å². The molecule has 0 radical (unpaired) electrons. The summed E-state index contributed by atoms with van der Waals surface area (Å²) < 4.78 is 1.89. The first-order valence-electron chi connectivity index (χ1n) is 8.68. The van der Waals surface area contributed by atoms with E-state index in [2.05, 4.69) is 20.2 Å². The van der Waals surface area contributed by atoms with Crippen molar-refractivity contribution in [1.82, 2.24) is 24.9 Å². The highest BCUT2D eigenvalue weighted by atomic mass is 16.2. The number of hydrogen-bond acceptors (Lipinski definition) is 5. The fourth-order valence-electron chi connectivity index (χ4n) is 3.62. The van der Waals surface area contributed by atoms with Crippen molar-refractivity contribution in [2.24, 2.45) is 0 Å². The van der Waals surface area contributed by atoms with Crippen molar-refractivity contribution in [3.63, 3.8) is 0 Å². The van der Waals surface area contributed by atoms with Crippen LogP contribution in [0.3, 0.4) is 0 Å². The number of amides is 1. The van der Waals surface area contributed by atoms with Crippen molar-refractivity contribution in [3.05, 3.63) is 36.3 Å². The zero-order valence-corrected chi connectivity index (χ0v) is 13.7. The lowest BCUT2D eigenvalue weighted by atomic mass is 10.2. The average Bonchev–Trinajstić information content (AvgIpc) is 3.37. The predicted molar refractivity (Wildman–Crippen MR) is 89.8 cm³/mol. The highest BCUT2D eigenvalue weighted by Gasteiger charge is 2.30. The Balaban J connectivity index is 1.45. The van der Waals surface area contributed by atoms with E-state index in [0.717, 1.165) is 44.8 Å². The molecule has 4 rings (SSSR count). The van der Waals surface area contributed by atoms with E-state index < -0.39 is 0 Å². The van der Waals surface area contributed by atoms with E-state index in [1.807, 2.05) is 34.0 Å². The third-order valence-electron chi connectivity index (χ3n) is 4.89. The molecule has 2 aromatic heterocycles. The molecule has 1 unspecified atom stereocenters. The Hall–Kier alpha value is -2.44. The standard InChI is InChI=1S/C17H22N6O/c24-17(15-6-7-16(20-19-15)21-9-1-2-10-21)23-12-3-5-14(23)13-22-11-4-8-18-22/h4,6-8,11,14H,1-3,5,9-10,12-13H2. The van der Waals surface area contributed by atoms with Gasteiger partial charge in [-0.3, -0.25) is 9.48 Å². The van der Waals surface area contributed by atoms with Gasteiger partial charge in [0, 0.05) is 32.0 Å². The number of carbonyl (C=O) groups excluding carboxylic acids is 1. The number of hydrogen-bond donors (Lipinski definition) is 0. The Labute approximate surface area is 141 Å². The van der Waals surface area contributed by atoms with Crippen LogP contribution in [0, 0.1) is 0 Å². The Morgan fingerprint density at radius 2 is 2.00 bits per heavy atom. The van der Waals surface area contributed by atoms with Crippen LogP contribution in [0.5, 0.6) is 0 Å². The second-order valence-corrected chi connectivity index (χ2v) is 6.49. The van der Waals surface area contributed by atoms with Gasteiger partial charge in [-0.15, -0.1) is 10.2 Å². The van der Waals surface area contributed by atoms with Crippen LogP contribution in [0.4, 0.5) is 5.82 Å². The van der Waals surface area contributed by atoms with Crippen LogP contribution in [0.15, 0.2) is 30.6 Å². The van der Waals surface area contributed by atoms with Crippen molar-refractivity contribution in [2.45, 2.75) is 38.3 Å². The van der Waals surface area contributed by atoms with Gasteiger partial charge in [-0.2, -0.15) is 5.10 Å². The molecule has 2 aliphatic rings. The van der Waals surface area contributed by atoms with E-state index in [1.54, 1.807) is 6.20 Å². The van der Waals surface area contributed by atoms with Crippen molar-refractivity contribution in [1.29, 1.82) is 0 Å². The fraction of sp³-hybridized carbons (Fsp3) is 0.529. The van der Waals surface area contributed by atoms with Crippen LogP contribution in [-0.4, -0.2) is 56.5 Å². The van der Waals surface area contributed by atoms with Gasteiger partial charge in [0.25, 0.3) is 5.91 Å². The number of likely N-dealkylation sites (tertiary alicyclic amines) is 1. The molecule has 2 aromatic rings. The molecule has 2 fully saturated rings. The van der Waals surface area contributed by atoms with Gasteiger partial charge in [-0.1, -0.05) is 0 Å². The zero-order valence-electron chi connectivity index (χ0n) is 13.7. The van der Waals surface area contributed by atoms with Crippen molar-refractivity contribution in [2.75, 3.05) is 24.5 Å². The van der Waals surface area contributed by atoms with Gasteiger partial charge in [0.2, 0.25) is 0 Å². The smallest absolute Gasteiger partial charge is 0.274 e. The maximum absolute atomic E-state index is 12.8. The van der Waals surface area contributed by atoms with Gasteiger partial charge in [0.1, 0.15) is 0 Å². The summed E-state index contributed by atoms with van der Waals surface area (Å²) in [7, 11) is 0. The summed E-state index contributed by atoms with van der Waals surface area (Å²) in [4.78, 5) is 16.9. The number of nitrogens with zero attached hydrogens (tertiary/aromatic N) is 6. The van der Waals surface area contributed by atoms with E-state index in [-0.39, 0.29) is 11.9 Å². The molecule has 1 atom stereocenters. The van der Waals surface area contributed by atoms with Crippen molar-refractivity contribution in [3.8, 4) is 0 Å². The number of rotatable bonds is 4. The Morgan fingerprint density at radius 1 is 1.12 bits per heavy atom. The summed E-state index contributed by atoms with van der Waals surface area (Å²) in [6.07, 6.45) is 8.13. The molecule has 2 aliphatic heterocycles. The molecule has 24 heavy (non-hydrogen) atoms. The maximum Gasteiger partial charge on any atom is 0.274 e. The highest BCUT2D eigenvalue weighted by Crippen LogP contribution is 2.22. The summed E-state index contributed by atoms with van der Waals surface area (Å²) in [5.41, 5.74) is 0.435. The summed E-state index contributed by atoms with van der Waals surface area (Å²) in [5, 5.41) is 12.7. The zero-order chi connectivity index (χ0) is 16.4. The van der Waals surface area contributed by atoms with Crippen LogP contribution in [-0.2, 0) is 6.54 Å². The summed E-state index contributed by atoms with van der Waals surface area (Å²) in [5.74, 6) is 0.851. The summed E-state index contributed by atoms with van der Waals surface area (Å²) >= 11 is 0.